The van der Waals surface area contributed by atoms with Gasteiger partial charge in [0.15, 0.2) is 0 Å². The van der Waals surface area contributed by atoms with E-state index in [9.17, 15) is 0 Å². The van der Waals surface area contributed by atoms with E-state index in [1.807, 2.05) is 24.3 Å². The van der Waals surface area contributed by atoms with Gasteiger partial charge in [-0.25, -0.2) is 0 Å². The summed E-state index contributed by atoms with van der Waals surface area (Å²) in [6.07, 6.45) is 0. The Morgan fingerprint density at radius 2 is 1.37 bits per heavy atom. The number of ether oxygens (including phenoxy) is 2. The van der Waals surface area contributed by atoms with Crippen molar-refractivity contribution in [2.24, 2.45) is 9.98 Å². The standard InChI is InChI=1S/C14H19N3O2/c1-18-9-7-15-13-11-5-3-4-6-12(11)14(17-13)16-8-10-19-2/h3-6H,7-10H2,1-2H3,(H,15,16,17). The molecule has 0 spiro atoms. The number of rotatable bonds is 6. The van der Waals surface area contributed by atoms with Crippen LogP contribution in [0.3, 0.4) is 0 Å². The van der Waals surface area contributed by atoms with Crippen molar-refractivity contribution in [3.8, 4) is 0 Å². The smallest absolute Gasteiger partial charge is 0.134 e. The van der Waals surface area contributed by atoms with Gasteiger partial charge in [0.2, 0.25) is 0 Å². The van der Waals surface area contributed by atoms with Crippen LogP contribution < -0.4 is 5.32 Å². The molecule has 0 fully saturated rings. The van der Waals surface area contributed by atoms with Gasteiger partial charge in [0, 0.05) is 25.3 Å². The lowest BCUT2D eigenvalue weighted by Gasteiger charge is -2.00. The second kappa shape index (κ2) is 7.01. The zero-order chi connectivity index (χ0) is 13.5. The Morgan fingerprint density at radius 1 is 0.895 bits per heavy atom. The van der Waals surface area contributed by atoms with Gasteiger partial charge in [-0.05, 0) is 0 Å². The van der Waals surface area contributed by atoms with Gasteiger partial charge in [0.1, 0.15) is 11.7 Å². The van der Waals surface area contributed by atoms with E-state index in [1.54, 1.807) is 14.2 Å². The molecule has 1 aliphatic heterocycles. The van der Waals surface area contributed by atoms with Gasteiger partial charge in [-0.2, -0.15) is 0 Å². The van der Waals surface area contributed by atoms with E-state index in [0.717, 1.165) is 22.8 Å². The third kappa shape index (κ3) is 3.39. The third-order valence-electron chi connectivity index (χ3n) is 2.80. The van der Waals surface area contributed by atoms with Crippen LogP contribution in [0.1, 0.15) is 11.1 Å². The van der Waals surface area contributed by atoms with E-state index < -0.39 is 0 Å². The fraction of sp³-hybridized carbons (Fsp3) is 0.429. The van der Waals surface area contributed by atoms with Crippen LogP contribution in [-0.2, 0) is 9.47 Å². The number of hydrogen-bond donors (Lipinski definition) is 1. The first-order valence-electron chi connectivity index (χ1n) is 6.30. The van der Waals surface area contributed by atoms with Crippen molar-refractivity contribution in [3.05, 3.63) is 35.4 Å². The minimum Gasteiger partial charge on any atom is -0.383 e. The highest BCUT2D eigenvalue weighted by molar-refractivity contribution is 6.25. The fourth-order valence-corrected chi connectivity index (χ4v) is 1.89. The predicted octanol–water partition coefficient (Wildman–Crippen LogP) is 1.08. The number of amidine groups is 2. The molecule has 2 rings (SSSR count). The predicted molar refractivity (Wildman–Crippen MR) is 76.1 cm³/mol. The number of fused-ring (bicyclic) bond motifs is 1. The van der Waals surface area contributed by atoms with Crippen molar-refractivity contribution in [1.82, 2.24) is 5.32 Å². The Bertz CT molecular complexity index is 440. The molecule has 1 aromatic rings. The van der Waals surface area contributed by atoms with E-state index in [1.165, 1.54) is 0 Å². The maximum Gasteiger partial charge on any atom is 0.134 e. The van der Waals surface area contributed by atoms with Crippen LogP contribution >= 0.6 is 0 Å². The molecule has 5 nitrogen and oxygen atoms in total. The van der Waals surface area contributed by atoms with Crippen LogP contribution in [0.15, 0.2) is 34.3 Å². The summed E-state index contributed by atoms with van der Waals surface area (Å²) in [4.78, 5) is 9.00. The van der Waals surface area contributed by atoms with Crippen molar-refractivity contribution in [3.63, 3.8) is 0 Å². The second-order valence-corrected chi connectivity index (χ2v) is 4.12. The minimum absolute atomic E-state index is 0.615. The molecule has 19 heavy (non-hydrogen) atoms. The van der Waals surface area contributed by atoms with Gasteiger partial charge < -0.3 is 14.8 Å². The Labute approximate surface area is 113 Å². The maximum atomic E-state index is 5.01. The topological polar surface area (TPSA) is 55.2 Å². The van der Waals surface area contributed by atoms with Crippen LogP contribution in [0.25, 0.3) is 0 Å². The molecule has 0 saturated carbocycles. The van der Waals surface area contributed by atoms with E-state index in [2.05, 4.69) is 15.3 Å². The molecular weight excluding hydrogens is 242 g/mol. The minimum atomic E-state index is 0.615. The highest BCUT2D eigenvalue weighted by Crippen LogP contribution is 2.16. The van der Waals surface area contributed by atoms with E-state index >= 15 is 0 Å². The molecule has 1 aromatic carbocycles. The van der Waals surface area contributed by atoms with Gasteiger partial charge >= 0.3 is 0 Å². The summed E-state index contributed by atoms with van der Waals surface area (Å²) in [6, 6.07) is 8.11. The van der Waals surface area contributed by atoms with Crippen LogP contribution in [-0.4, -0.2) is 52.2 Å². The Hall–Kier alpha value is -1.72. The SMILES string of the molecule is COCCN=C1NC(=NCCOC)c2ccccc21. The molecule has 0 bridgehead atoms. The number of benzene rings is 1. The molecule has 1 heterocycles. The molecule has 0 atom stereocenters. The highest BCUT2D eigenvalue weighted by atomic mass is 16.5. The Morgan fingerprint density at radius 3 is 1.79 bits per heavy atom. The van der Waals surface area contributed by atoms with Crippen molar-refractivity contribution in [1.29, 1.82) is 0 Å². The summed E-state index contributed by atoms with van der Waals surface area (Å²) in [5.41, 5.74) is 2.18. The monoisotopic (exact) mass is 261 g/mol. The molecule has 0 amide bonds. The molecule has 0 aromatic heterocycles. The average Bonchev–Trinajstić information content (AvgIpc) is 2.79. The van der Waals surface area contributed by atoms with E-state index in [-0.39, 0.29) is 0 Å². The average molecular weight is 261 g/mol. The summed E-state index contributed by atoms with van der Waals surface area (Å²) in [6.45, 7) is 2.50. The summed E-state index contributed by atoms with van der Waals surface area (Å²) in [5, 5.41) is 3.26. The summed E-state index contributed by atoms with van der Waals surface area (Å²) in [7, 11) is 3.35. The largest absolute Gasteiger partial charge is 0.383 e. The number of nitrogens with one attached hydrogen (secondary N) is 1. The van der Waals surface area contributed by atoms with Crippen LogP contribution in [0.5, 0.6) is 0 Å². The van der Waals surface area contributed by atoms with Crippen molar-refractivity contribution in [2.75, 3.05) is 40.5 Å². The first-order valence-corrected chi connectivity index (χ1v) is 6.30. The van der Waals surface area contributed by atoms with E-state index in [0.29, 0.717) is 26.3 Å². The summed E-state index contributed by atoms with van der Waals surface area (Å²) < 4.78 is 10.0. The molecule has 102 valence electrons. The summed E-state index contributed by atoms with van der Waals surface area (Å²) in [5.74, 6) is 1.73. The normalized spacial score (nSPS) is 17.8. The zero-order valence-electron chi connectivity index (χ0n) is 11.3. The quantitative estimate of drug-likeness (QED) is 0.779. The second-order valence-electron chi connectivity index (χ2n) is 4.12. The van der Waals surface area contributed by atoms with Crippen molar-refractivity contribution < 1.29 is 9.47 Å². The number of aliphatic imine (C=N–C) groups is 2. The highest BCUT2D eigenvalue weighted by Gasteiger charge is 2.21. The lowest BCUT2D eigenvalue weighted by Crippen LogP contribution is -2.23. The first-order chi connectivity index (χ1) is 9.36. The van der Waals surface area contributed by atoms with Crippen molar-refractivity contribution in [2.45, 2.75) is 0 Å². The molecule has 0 aliphatic carbocycles. The summed E-state index contributed by atoms with van der Waals surface area (Å²) >= 11 is 0. The van der Waals surface area contributed by atoms with Crippen molar-refractivity contribution >= 4 is 11.7 Å². The van der Waals surface area contributed by atoms with Gasteiger partial charge in [-0.15, -0.1) is 0 Å². The van der Waals surface area contributed by atoms with Gasteiger partial charge in [0.05, 0.1) is 26.3 Å². The zero-order valence-corrected chi connectivity index (χ0v) is 11.3. The lowest BCUT2D eigenvalue weighted by molar-refractivity contribution is 0.208. The Balaban J connectivity index is 2.18. The Kier molecular flexibility index (Phi) is 5.06. The molecule has 0 saturated heterocycles. The van der Waals surface area contributed by atoms with Crippen LogP contribution in [0.2, 0.25) is 0 Å². The fourth-order valence-electron chi connectivity index (χ4n) is 1.89. The number of nitrogens with zero attached hydrogens (tertiary/aromatic N) is 2. The molecular formula is C14H19N3O2. The van der Waals surface area contributed by atoms with Crippen LogP contribution in [0.4, 0.5) is 0 Å². The van der Waals surface area contributed by atoms with E-state index in [4.69, 9.17) is 9.47 Å². The van der Waals surface area contributed by atoms with Crippen LogP contribution in [0, 0.1) is 0 Å². The first kappa shape index (κ1) is 13.7. The molecule has 5 heteroatoms. The number of hydrogen-bond acceptors (Lipinski definition) is 4. The molecule has 1 aliphatic rings. The molecule has 0 unspecified atom stereocenters. The third-order valence-corrected chi connectivity index (χ3v) is 2.80. The van der Waals surface area contributed by atoms with Gasteiger partial charge in [0.25, 0.3) is 0 Å². The molecule has 1 N–H and O–H groups in total. The number of methoxy groups -OCH3 is 2. The molecule has 0 radical (unpaired) electrons. The van der Waals surface area contributed by atoms with Gasteiger partial charge in [-0.1, -0.05) is 24.3 Å². The maximum absolute atomic E-state index is 5.01. The lowest BCUT2D eigenvalue weighted by atomic mass is 10.1. The van der Waals surface area contributed by atoms with Gasteiger partial charge in [-0.3, -0.25) is 9.98 Å².